The number of benzene rings is 1. The van der Waals surface area contributed by atoms with E-state index in [2.05, 4.69) is 17.6 Å². The van der Waals surface area contributed by atoms with Gasteiger partial charge in [-0.15, -0.1) is 0 Å². The monoisotopic (exact) mass is 845 g/mol. The van der Waals surface area contributed by atoms with Gasteiger partial charge in [-0.1, -0.05) is 85.0 Å². The van der Waals surface area contributed by atoms with Crippen LogP contribution in [0.4, 0.5) is 0 Å². The third kappa shape index (κ3) is 11.2. The first kappa shape index (κ1) is 46.8. The van der Waals surface area contributed by atoms with Crippen molar-refractivity contribution in [1.82, 2.24) is 20.2 Å². The number of phenolic OH excluding ortho intramolecular Hbond substituents is 1. The quantitative estimate of drug-likeness (QED) is 0.0373. The summed E-state index contributed by atoms with van der Waals surface area (Å²) in [7, 11) is 0. The Kier molecular flexibility index (Phi) is 16.8. The van der Waals surface area contributed by atoms with Gasteiger partial charge in [0.15, 0.2) is 0 Å². The lowest BCUT2D eigenvalue weighted by Crippen LogP contribution is -2.51. The van der Waals surface area contributed by atoms with Crippen molar-refractivity contribution in [1.29, 1.82) is 0 Å². The Bertz CT molecular complexity index is 2130. The topological polar surface area (TPSA) is 229 Å². The van der Waals surface area contributed by atoms with Gasteiger partial charge in [-0.05, 0) is 74.9 Å². The fourth-order valence-corrected chi connectivity index (χ4v) is 8.57. The summed E-state index contributed by atoms with van der Waals surface area (Å²) < 4.78 is 12.9. The molecule has 5 rings (SSSR count). The highest BCUT2D eigenvalue weighted by molar-refractivity contribution is 5.93. The van der Waals surface area contributed by atoms with Crippen LogP contribution in [0.3, 0.4) is 0 Å². The number of rotatable bonds is 25. The van der Waals surface area contributed by atoms with Gasteiger partial charge in [0.2, 0.25) is 17.4 Å². The molecule has 0 radical (unpaired) electrons. The van der Waals surface area contributed by atoms with Crippen molar-refractivity contribution in [3.05, 3.63) is 56.9 Å². The number of unbranched alkanes of at least 4 members (excludes halogenated alkanes) is 10. The van der Waals surface area contributed by atoms with E-state index in [4.69, 9.17) is 20.2 Å². The number of nitrogens with two attached hydrogens (primary N) is 1. The number of aromatic nitrogens is 2. The first-order chi connectivity index (χ1) is 29.4. The summed E-state index contributed by atoms with van der Waals surface area (Å²) in [4.78, 5) is 84.7. The molecule has 0 saturated carbocycles. The largest absolute Gasteiger partial charge is 0.508 e. The van der Waals surface area contributed by atoms with Gasteiger partial charge in [0.1, 0.15) is 24.4 Å². The van der Waals surface area contributed by atoms with Crippen LogP contribution in [0.1, 0.15) is 152 Å². The number of carboxylic acids is 1. The Morgan fingerprint density at radius 3 is 2.21 bits per heavy atom. The number of pyridine rings is 2. The van der Waals surface area contributed by atoms with Gasteiger partial charge < -0.3 is 40.6 Å². The number of aliphatic carboxylic acids is 1. The summed E-state index contributed by atoms with van der Waals surface area (Å²) in [6.45, 7) is 6.09. The second-order valence-electron chi connectivity index (χ2n) is 16.3. The van der Waals surface area contributed by atoms with Crippen molar-refractivity contribution in [2.75, 3.05) is 6.54 Å². The van der Waals surface area contributed by atoms with Gasteiger partial charge >= 0.3 is 17.9 Å². The Morgan fingerprint density at radius 1 is 0.885 bits per heavy atom. The molecule has 15 nitrogen and oxygen atoms in total. The van der Waals surface area contributed by atoms with Gasteiger partial charge in [-0.3, -0.25) is 19.2 Å². The number of carboxylic acid groups (broad SMARTS) is 1. The molecule has 2 aromatic heterocycles. The zero-order valence-corrected chi connectivity index (χ0v) is 35.9. The van der Waals surface area contributed by atoms with Crippen LogP contribution in [0.15, 0.2) is 29.1 Å². The highest BCUT2D eigenvalue weighted by Gasteiger charge is 2.50. The molecular formula is C46H63N5O10. The maximum atomic E-state index is 14.1. The summed E-state index contributed by atoms with van der Waals surface area (Å²) in [5.41, 5.74) is 7.05. The molecule has 0 fully saturated rings. The van der Waals surface area contributed by atoms with E-state index in [9.17, 15) is 39.0 Å². The maximum Gasteiger partial charge on any atom is 0.355 e. The molecule has 2 amide bonds. The molecule has 0 bridgehead atoms. The maximum absolute atomic E-state index is 14.1. The molecule has 61 heavy (non-hydrogen) atoms. The Labute approximate surface area is 357 Å². The summed E-state index contributed by atoms with van der Waals surface area (Å²) in [5, 5.41) is 26.1. The zero-order valence-electron chi connectivity index (χ0n) is 35.9. The lowest BCUT2D eigenvalue weighted by molar-refractivity contribution is -0.189. The Morgan fingerprint density at radius 2 is 1.56 bits per heavy atom. The number of nitrogens with one attached hydrogen (secondary N) is 2. The minimum atomic E-state index is -1.97. The fraction of sp³-hybridized carbons (Fsp3) is 0.587. The lowest BCUT2D eigenvalue weighted by atomic mass is 9.85. The summed E-state index contributed by atoms with van der Waals surface area (Å²) in [6, 6.07) is 4.38. The van der Waals surface area contributed by atoms with Gasteiger partial charge in [-0.25, -0.2) is 14.6 Å². The van der Waals surface area contributed by atoms with Crippen molar-refractivity contribution in [3.8, 4) is 17.1 Å². The van der Waals surface area contributed by atoms with E-state index < -0.39 is 65.8 Å². The van der Waals surface area contributed by atoms with Crippen LogP contribution in [0.5, 0.6) is 5.75 Å². The highest BCUT2D eigenvalue weighted by atomic mass is 16.6. The SMILES string of the molecule is CCCCCCCCCCCCC(NC(=O)[C@H](CCCCN)NC(=O)CCC(=O)O[C@]1(CC)C(=O)OCc2c1cc1n(c2=O)Cc2c-1nc1ccc(O)cc1c2CC)C(=O)O. The molecule has 0 aliphatic carbocycles. The van der Waals surface area contributed by atoms with E-state index in [1.807, 2.05) is 6.92 Å². The molecule has 2 aliphatic heterocycles. The Balaban J connectivity index is 1.23. The van der Waals surface area contributed by atoms with E-state index in [-0.39, 0.29) is 49.3 Å². The van der Waals surface area contributed by atoms with E-state index in [1.54, 1.807) is 35.8 Å². The summed E-state index contributed by atoms with van der Waals surface area (Å²) in [5.74, 6) is -4.07. The third-order valence-electron chi connectivity index (χ3n) is 12.0. The van der Waals surface area contributed by atoms with Gasteiger partial charge in [-0.2, -0.15) is 0 Å². The summed E-state index contributed by atoms with van der Waals surface area (Å²) in [6.07, 6.45) is 12.2. The fourth-order valence-electron chi connectivity index (χ4n) is 8.57. The number of esters is 2. The van der Waals surface area contributed by atoms with E-state index in [0.717, 1.165) is 42.2 Å². The van der Waals surface area contributed by atoms with Crippen LogP contribution in [0.2, 0.25) is 0 Å². The number of carbonyl (C=O) groups excluding carboxylic acids is 4. The molecule has 1 aromatic carbocycles. The molecule has 6 N–H and O–H groups in total. The number of aromatic hydroxyl groups is 1. The number of hydrogen-bond donors (Lipinski definition) is 5. The number of amides is 2. The average molecular weight is 846 g/mol. The molecular weight excluding hydrogens is 783 g/mol. The second-order valence-corrected chi connectivity index (χ2v) is 16.3. The number of nitrogens with zero attached hydrogens (tertiary/aromatic N) is 2. The van der Waals surface area contributed by atoms with E-state index >= 15 is 0 Å². The zero-order chi connectivity index (χ0) is 44.1. The van der Waals surface area contributed by atoms with Gasteiger partial charge in [0.25, 0.3) is 5.56 Å². The minimum Gasteiger partial charge on any atom is -0.508 e. The predicted molar refractivity (Wildman–Crippen MR) is 230 cm³/mol. The molecule has 2 aliphatic rings. The van der Waals surface area contributed by atoms with Crippen LogP contribution >= 0.6 is 0 Å². The van der Waals surface area contributed by atoms with E-state index in [1.165, 1.54) is 32.1 Å². The number of fused-ring (bicyclic) bond motifs is 5. The van der Waals surface area contributed by atoms with Crippen LogP contribution in [0.25, 0.3) is 22.3 Å². The normalized spacial score (nSPS) is 16.2. The number of phenols is 1. The van der Waals surface area contributed by atoms with Crippen molar-refractivity contribution in [2.24, 2.45) is 5.73 Å². The highest BCUT2D eigenvalue weighted by Crippen LogP contribution is 2.42. The minimum absolute atomic E-state index is 0.0651. The first-order valence-corrected chi connectivity index (χ1v) is 22.2. The molecule has 0 saturated heterocycles. The molecule has 0 spiro atoms. The molecule has 332 valence electrons. The van der Waals surface area contributed by atoms with Crippen molar-refractivity contribution < 1.29 is 43.7 Å². The van der Waals surface area contributed by atoms with Crippen LogP contribution < -0.4 is 21.9 Å². The number of cyclic esters (lactones) is 1. The number of ether oxygens (including phenoxy) is 2. The first-order valence-electron chi connectivity index (χ1n) is 22.2. The van der Waals surface area contributed by atoms with Crippen molar-refractivity contribution >= 4 is 40.6 Å². The number of hydrogen-bond acceptors (Lipinski definition) is 11. The van der Waals surface area contributed by atoms with Crippen LogP contribution in [-0.4, -0.2) is 68.1 Å². The molecule has 1 unspecified atom stereocenters. The molecule has 4 heterocycles. The average Bonchev–Trinajstić information content (AvgIpc) is 3.61. The van der Waals surface area contributed by atoms with Gasteiger partial charge in [0.05, 0.1) is 35.4 Å². The number of carbonyl (C=O) groups is 5. The van der Waals surface area contributed by atoms with E-state index in [0.29, 0.717) is 49.1 Å². The lowest BCUT2D eigenvalue weighted by Gasteiger charge is -2.35. The second kappa shape index (κ2) is 22.0. The standard InChI is InChI=1S/C46H63N5O10/c1-4-7-8-9-10-11-12-13-14-15-19-37(44(57)58)50-42(55)36(18-16-17-24-47)48-39(53)22-23-40(54)61-46(6-3)34-26-38-41-32(27-51(38)43(56)33(34)28-60-45(46)59)30(5-2)31-25-29(52)20-21-35(31)49-41/h20-21,25-26,36-37,52H,4-19,22-24,27-28,47H2,1-3H3,(H,48,53)(H,50,55)(H,57,58)/t36-,37?,46-/m0/s1. The van der Waals surface area contributed by atoms with Gasteiger partial charge in [0, 0.05) is 22.9 Å². The number of aryl methyl sites for hydroxylation is 1. The predicted octanol–water partition coefficient (Wildman–Crippen LogP) is 6.17. The molecule has 3 aromatic rings. The molecule has 15 heteroatoms. The third-order valence-corrected chi connectivity index (χ3v) is 12.0. The molecule has 3 atom stereocenters. The van der Waals surface area contributed by atoms with Crippen molar-refractivity contribution in [3.63, 3.8) is 0 Å². The summed E-state index contributed by atoms with van der Waals surface area (Å²) >= 11 is 0. The van der Waals surface area contributed by atoms with Crippen LogP contribution in [-0.2, 0) is 58.6 Å². The van der Waals surface area contributed by atoms with Crippen LogP contribution in [0, 0.1) is 0 Å². The van der Waals surface area contributed by atoms with Crippen molar-refractivity contribution in [2.45, 2.75) is 167 Å². The Hall–Kier alpha value is -5.31. The smallest absolute Gasteiger partial charge is 0.355 e.